The normalized spacial score (nSPS) is 20.9. The van der Waals surface area contributed by atoms with Gasteiger partial charge in [0.05, 0.1) is 0 Å². The van der Waals surface area contributed by atoms with Crippen LogP contribution in [0.25, 0.3) is 0 Å². The molecule has 0 spiro atoms. The summed E-state index contributed by atoms with van der Waals surface area (Å²) in [7, 11) is 0. The van der Waals surface area contributed by atoms with Crippen molar-refractivity contribution in [2.24, 2.45) is 0 Å². The maximum absolute atomic E-state index is 5.98. The van der Waals surface area contributed by atoms with E-state index in [0.29, 0.717) is 11.3 Å². The number of hydrogen-bond donors (Lipinski definition) is 1. The van der Waals surface area contributed by atoms with E-state index in [1.165, 1.54) is 41.9 Å². The van der Waals surface area contributed by atoms with Crippen molar-refractivity contribution in [3.8, 4) is 0 Å². The predicted molar refractivity (Wildman–Crippen MR) is 152 cm³/mol. The van der Waals surface area contributed by atoms with Gasteiger partial charge >= 0.3 is 0 Å². The van der Waals surface area contributed by atoms with Crippen molar-refractivity contribution in [3.63, 3.8) is 0 Å². The molecule has 0 aromatic heterocycles. The Balaban J connectivity index is 1.78. The van der Waals surface area contributed by atoms with Gasteiger partial charge in [-0.2, -0.15) is 0 Å². The monoisotopic (exact) mass is 550 g/mol. The highest BCUT2D eigenvalue weighted by Crippen LogP contribution is 2.45. The number of halogens is 1. The van der Waals surface area contributed by atoms with Crippen LogP contribution in [-0.2, 0) is 0 Å². The summed E-state index contributed by atoms with van der Waals surface area (Å²) in [4.78, 5) is 3.82. The van der Waals surface area contributed by atoms with Crippen LogP contribution in [0.2, 0.25) is 0 Å². The minimum Gasteiger partial charge on any atom is -0.333 e. The zero-order valence-corrected chi connectivity index (χ0v) is 23.4. The molecule has 1 fully saturated rings. The van der Waals surface area contributed by atoms with Crippen molar-refractivity contribution in [1.82, 2.24) is 4.90 Å². The van der Waals surface area contributed by atoms with Gasteiger partial charge in [-0.15, -0.1) is 23.5 Å². The summed E-state index contributed by atoms with van der Waals surface area (Å²) in [6, 6.07) is 17.8. The van der Waals surface area contributed by atoms with Gasteiger partial charge in [0, 0.05) is 26.3 Å². The molecular formula is C26H35BrN2S3. The molecule has 0 amide bonds. The molecule has 0 bridgehead atoms. The quantitative estimate of drug-likeness (QED) is 0.189. The zero-order valence-electron chi connectivity index (χ0n) is 19.4. The molecule has 1 N–H and O–H groups in total. The standard InChI is InChI=1S/C26H35BrN2S3/c1-4-6-7-8-15-31-24-14-9-11-20(17-24)25-29(23(5-2)16-19(3)32-25)26(30)28-22-13-10-12-21(27)18-22/h9-14,17-19,23,25H,4-8,15-16H2,1-3H3,(H,28,30). The lowest BCUT2D eigenvalue weighted by molar-refractivity contribution is 0.263. The van der Waals surface area contributed by atoms with E-state index in [1.807, 2.05) is 35.7 Å². The molecule has 6 heteroatoms. The van der Waals surface area contributed by atoms with Crippen molar-refractivity contribution in [3.05, 3.63) is 58.6 Å². The Morgan fingerprint density at radius 1 is 1.16 bits per heavy atom. The molecule has 1 saturated heterocycles. The highest BCUT2D eigenvalue weighted by molar-refractivity contribution is 9.10. The van der Waals surface area contributed by atoms with Crippen LogP contribution in [0.4, 0.5) is 5.69 Å². The first-order chi connectivity index (χ1) is 15.5. The van der Waals surface area contributed by atoms with Crippen molar-refractivity contribution >= 4 is 62.5 Å². The summed E-state index contributed by atoms with van der Waals surface area (Å²) >= 11 is 13.6. The van der Waals surface area contributed by atoms with Crippen LogP contribution in [0.1, 0.15) is 70.2 Å². The second-order valence-corrected chi connectivity index (χ2v) is 12.4. The van der Waals surface area contributed by atoms with Gasteiger partial charge in [-0.1, -0.05) is 74.2 Å². The van der Waals surface area contributed by atoms with E-state index in [9.17, 15) is 0 Å². The number of nitrogens with zero attached hydrogens (tertiary/aromatic N) is 1. The van der Waals surface area contributed by atoms with Crippen LogP contribution in [0.3, 0.4) is 0 Å². The van der Waals surface area contributed by atoms with Gasteiger partial charge in [-0.05, 0) is 73.1 Å². The molecule has 0 radical (unpaired) electrons. The molecule has 0 aliphatic carbocycles. The van der Waals surface area contributed by atoms with Crippen LogP contribution in [0, 0.1) is 0 Å². The molecule has 3 atom stereocenters. The van der Waals surface area contributed by atoms with Gasteiger partial charge in [0.2, 0.25) is 0 Å². The van der Waals surface area contributed by atoms with Gasteiger partial charge in [0.25, 0.3) is 0 Å². The third kappa shape index (κ3) is 7.41. The summed E-state index contributed by atoms with van der Waals surface area (Å²) in [6.07, 6.45) is 7.51. The number of hydrogen-bond acceptors (Lipinski definition) is 3. The van der Waals surface area contributed by atoms with Gasteiger partial charge in [-0.3, -0.25) is 0 Å². The number of anilines is 1. The van der Waals surface area contributed by atoms with Crippen LogP contribution >= 0.6 is 51.7 Å². The lowest BCUT2D eigenvalue weighted by atomic mass is 10.1. The third-order valence-corrected chi connectivity index (χ3v) is 9.10. The molecule has 2 aromatic rings. The Bertz CT molecular complexity index is 876. The molecular weight excluding hydrogens is 516 g/mol. The SMILES string of the molecule is CCCCCCSc1cccc(C2SC(C)CC(CC)N2C(=S)Nc2cccc(Br)c2)c1. The van der Waals surface area contributed by atoms with Crippen LogP contribution in [0.5, 0.6) is 0 Å². The number of thioether (sulfide) groups is 2. The Labute approximate surface area is 216 Å². The number of thiocarbonyl (C=S) groups is 1. The first-order valence-electron chi connectivity index (χ1n) is 11.7. The van der Waals surface area contributed by atoms with Gasteiger partial charge < -0.3 is 10.2 Å². The summed E-state index contributed by atoms with van der Waals surface area (Å²) in [5.74, 6) is 1.20. The molecule has 0 saturated carbocycles. The minimum absolute atomic E-state index is 0.233. The zero-order chi connectivity index (χ0) is 22.9. The predicted octanol–water partition coefficient (Wildman–Crippen LogP) is 9.12. The first-order valence-corrected chi connectivity index (χ1v) is 14.9. The van der Waals surface area contributed by atoms with E-state index >= 15 is 0 Å². The molecule has 174 valence electrons. The number of nitrogens with one attached hydrogen (secondary N) is 1. The van der Waals surface area contributed by atoms with E-state index in [1.54, 1.807) is 0 Å². The summed E-state index contributed by atoms with van der Waals surface area (Å²) in [5.41, 5.74) is 2.38. The molecule has 1 aliphatic heterocycles. The van der Waals surface area contributed by atoms with Crippen molar-refractivity contribution in [2.45, 2.75) is 80.9 Å². The molecule has 2 nitrogen and oxygen atoms in total. The second kappa shape index (κ2) is 13.3. The Morgan fingerprint density at radius 2 is 1.97 bits per heavy atom. The Morgan fingerprint density at radius 3 is 2.72 bits per heavy atom. The number of benzene rings is 2. The average molecular weight is 552 g/mol. The molecule has 1 heterocycles. The van der Waals surface area contributed by atoms with Crippen molar-refractivity contribution in [2.75, 3.05) is 11.1 Å². The number of unbranched alkanes of at least 4 members (excludes halogenated alkanes) is 3. The Hall–Kier alpha value is -0.690. The van der Waals surface area contributed by atoms with Crippen LogP contribution in [-0.4, -0.2) is 27.1 Å². The van der Waals surface area contributed by atoms with E-state index in [4.69, 9.17) is 12.2 Å². The minimum atomic E-state index is 0.233. The second-order valence-electron chi connectivity index (χ2n) is 8.43. The lowest BCUT2D eigenvalue weighted by Crippen LogP contribution is -2.48. The maximum atomic E-state index is 5.98. The third-order valence-electron chi connectivity index (χ3n) is 5.80. The molecule has 3 rings (SSSR count). The topological polar surface area (TPSA) is 15.3 Å². The molecule has 3 unspecified atom stereocenters. The van der Waals surface area contributed by atoms with E-state index in [-0.39, 0.29) is 5.37 Å². The van der Waals surface area contributed by atoms with E-state index in [0.717, 1.165) is 28.1 Å². The molecule has 32 heavy (non-hydrogen) atoms. The van der Waals surface area contributed by atoms with E-state index < -0.39 is 0 Å². The first kappa shape index (κ1) is 25.9. The summed E-state index contributed by atoms with van der Waals surface area (Å²) in [6.45, 7) is 6.90. The fourth-order valence-electron chi connectivity index (χ4n) is 4.14. The van der Waals surface area contributed by atoms with Gasteiger partial charge in [-0.25, -0.2) is 0 Å². The van der Waals surface area contributed by atoms with Gasteiger partial charge in [0.15, 0.2) is 5.11 Å². The smallest absolute Gasteiger partial charge is 0.174 e. The van der Waals surface area contributed by atoms with Crippen molar-refractivity contribution < 1.29 is 0 Å². The fraction of sp³-hybridized carbons (Fsp3) is 0.500. The highest BCUT2D eigenvalue weighted by atomic mass is 79.9. The summed E-state index contributed by atoms with van der Waals surface area (Å²) in [5, 5.41) is 5.17. The van der Waals surface area contributed by atoms with E-state index in [2.05, 4.69) is 83.3 Å². The lowest BCUT2D eigenvalue weighted by Gasteiger charge is -2.45. The van der Waals surface area contributed by atoms with Crippen molar-refractivity contribution in [1.29, 1.82) is 0 Å². The van der Waals surface area contributed by atoms with Gasteiger partial charge in [0.1, 0.15) is 5.37 Å². The van der Waals surface area contributed by atoms with Crippen LogP contribution < -0.4 is 5.32 Å². The highest BCUT2D eigenvalue weighted by Gasteiger charge is 2.36. The number of rotatable bonds is 9. The molecule has 1 aliphatic rings. The average Bonchev–Trinajstić information content (AvgIpc) is 2.78. The maximum Gasteiger partial charge on any atom is 0.174 e. The summed E-state index contributed by atoms with van der Waals surface area (Å²) < 4.78 is 1.05. The largest absolute Gasteiger partial charge is 0.333 e. The Kier molecular flexibility index (Phi) is 10.7. The van der Waals surface area contributed by atoms with Crippen LogP contribution in [0.15, 0.2) is 57.9 Å². The molecule has 2 aromatic carbocycles. The fourth-order valence-corrected chi connectivity index (χ4v) is 7.44.